The Labute approximate surface area is 120 Å². The molecule has 0 radical (unpaired) electrons. The number of allylic oxidation sites excluding steroid dienone is 4. The topological polar surface area (TPSA) is 0 Å². The highest BCUT2D eigenvalue weighted by atomic mass is 35.5. The predicted molar refractivity (Wildman–Crippen MR) is 84.8 cm³/mol. The van der Waals surface area contributed by atoms with E-state index < -0.39 is 0 Å². The third kappa shape index (κ3) is 1.91. The quantitative estimate of drug-likeness (QED) is 0.607. The fourth-order valence-corrected chi connectivity index (χ4v) is 3.38. The number of halogens is 1. The fraction of sp³-hybridized carbons (Fsp3) is 0.222. The predicted octanol–water partition coefficient (Wildman–Crippen LogP) is 5.31. The summed E-state index contributed by atoms with van der Waals surface area (Å²) in [6.45, 7) is 0. The van der Waals surface area contributed by atoms with Crippen molar-refractivity contribution in [1.29, 1.82) is 0 Å². The van der Waals surface area contributed by atoms with Gasteiger partial charge in [-0.25, -0.2) is 0 Å². The zero-order valence-electron chi connectivity index (χ0n) is 10.9. The molecule has 1 heteroatoms. The molecule has 0 atom stereocenters. The van der Waals surface area contributed by atoms with Gasteiger partial charge in [0.15, 0.2) is 0 Å². The van der Waals surface area contributed by atoms with Crippen molar-refractivity contribution in [3.05, 3.63) is 65.3 Å². The van der Waals surface area contributed by atoms with E-state index in [4.69, 9.17) is 0 Å². The first kappa shape index (κ1) is 12.5. The van der Waals surface area contributed by atoms with Crippen LogP contribution >= 0.6 is 12.4 Å². The lowest BCUT2D eigenvalue weighted by Crippen LogP contribution is -2.06. The van der Waals surface area contributed by atoms with Crippen molar-refractivity contribution in [3.8, 4) is 0 Å². The number of fused-ring (bicyclic) bond motifs is 4. The Morgan fingerprint density at radius 2 is 1.74 bits per heavy atom. The van der Waals surface area contributed by atoms with Gasteiger partial charge in [-0.3, -0.25) is 0 Å². The van der Waals surface area contributed by atoms with E-state index in [1.54, 1.807) is 11.1 Å². The largest absolute Gasteiger partial charge is 0.147 e. The van der Waals surface area contributed by atoms with E-state index in [1.807, 2.05) is 0 Å². The van der Waals surface area contributed by atoms with Gasteiger partial charge in [0.2, 0.25) is 0 Å². The molecule has 0 unspecified atom stereocenters. The first-order valence-corrected chi connectivity index (χ1v) is 6.83. The molecule has 0 N–H and O–H groups in total. The van der Waals surface area contributed by atoms with Gasteiger partial charge in [-0.1, -0.05) is 54.1 Å². The van der Waals surface area contributed by atoms with E-state index in [2.05, 4.69) is 48.6 Å². The van der Waals surface area contributed by atoms with Crippen LogP contribution in [0.4, 0.5) is 0 Å². The van der Waals surface area contributed by atoms with E-state index >= 15 is 0 Å². The van der Waals surface area contributed by atoms with Crippen molar-refractivity contribution in [2.75, 3.05) is 0 Å². The first-order chi connectivity index (χ1) is 8.93. The van der Waals surface area contributed by atoms with Crippen LogP contribution in [0.2, 0.25) is 0 Å². The lowest BCUT2D eigenvalue weighted by atomic mass is 9.80. The van der Waals surface area contributed by atoms with Gasteiger partial charge < -0.3 is 0 Å². The standard InChI is InChI=1S/C18H16.ClH/c1-3-7-15-13(5-1)9-11-18-16-8-4-2-6-14(16)10-12-17(15)18;/h1,3-5,7-9,11H,2,6,10,12H2;1H. The molecular formula is C18H17Cl. The minimum Gasteiger partial charge on any atom is -0.147 e. The van der Waals surface area contributed by atoms with Crippen molar-refractivity contribution in [2.45, 2.75) is 25.7 Å². The first-order valence-electron chi connectivity index (χ1n) is 6.83. The molecule has 2 aromatic carbocycles. The summed E-state index contributed by atoms with van der Waals surface area (Å²) in [7, 11) is 0. The maximum atomic E-state index is 2.34. The molecule has 0 bridgehead atoms. The van der Waals surface area contributed by atoms with Crippen molar-refractivity contribution < 1.29 is 0 Å². The van der Waals surface area contributed by atoms with Gasteiger partial charge in [0.05, 0.1) is 0 Å². The van der Waals surface area contributed by atoms with E-state index in [0.717, 1.165) is 0 Å². The summed E-state index contributed by atoms with van der Waals surface area (Å²) in [5, 5.41) is 2.82. The smallest absolute Gasteiger partial charge is 0.0146 e. The van der Waals surface area contributed by atoms with Crippen molar-refractivity contribution in [3.63, 3.8) is 0 Å². The Bertz CT molecular complexity index is 692. The van der Waals surface area contributed by atoms with Crippen molar-refractivity contribution in [2.24, 2.45) is 0 Å². The van der Waals surface area contributed by atoms with Crippen LogP contribution in [0, 0.1) is 0 Å². The highest BCUT2D eigenvalue weighted by Crippen LogP contribution is 2.39. The highest BCUT2D eigenvalue weighted by molar-refractivity contribution is 5.93. The molecule has 4 rings (SSSR count). The van der Waals surface area contributed by atoms with Crippen molar-refractivity contribution >= 4 is 28.8 Å². The van der Waals surface area contributed by atoms with Crippen molar-refractivity contribution in [1.82, 2.24) is 0 Å². The van der Waals surface area contributed by atoms with E-state index in [1.165, 1.54) is 47.6 Å². The monoisotopic (exact) mass is 268 g/mol. The molecule has 19 heavy (non-hydrogen) atoms. The number of hydrogen-bond donors (Lipinski definition) is 0. The normalized spacial score (nSPS) is 16.8. The summed E-state index contributed by atoms with van der Waals surface area (Å²) in [4.78, 5) is 0. The van der Waals surface area contributed by atoms with Crippen LogP contribution in [0.3, 0.4) is 0 Å². The minimum absolute atomic E-state index is 0. The van der Waals surface area contributed by atoms with Crippen LogP contribution in [0.15, 0.2) is 54.1 Å². The number of aryl methyl sites for hydroxylation is 1. The van der Waals surface area contributed by atoms with E-state index in [0.29, 0.717) is 0 Å². The molecule has 0 saturated carbocycles. The molecule has 0 heterocycles. The highest BCUT2D eigenvalue weighted by Gasteiger charge is 2.20. The van der Waals surface area contributed by atoms with Crippen LogP contribution in [-0.4, -0.2) is 0 Å². The molecule has 0 fully saturated rings. The van der Waals surface area contributed by atoms with Gasteiger partial charge in [-0.15, -0.1) is 12.4 Å². The Kier molecular flexibility index (Phi) is 3.20. The zero-order chi connectivity index (χ0) is 11.9. The summed E-state index contributed by atoms with van der Waals surface area (Å²) in [6.07, 6.45) is 9.61. The SMILES string of the molecule is C1=CC2=C(CC1)CCc1c2ccc2ccccc12.Cl. The van der Waals surface area contributed by atoms with Gasteiger partial charge in [-0.2, -0.15) is 0 Å². The molecule has 2 aromatic rings. The van der Waals surface area contributed by atoms with Gasteiger partial charge in [0.25, 0.3) is 0 Å². The third-order valence-electron chi connectivity index (χ3n) is 4.29. The Morgan fingerprint density at radius 3 is 2.68 bits per heavy atom. The molecular weight excluding hydrogens is 252 g/mol. The van der Waals surface area contributed by atoms with Crippen LogP contribution in [-0.2, 0) is 6.42 Å². The van der Waals surface area contributed by atoms with E-state index in [9.17, 15) is 0 Å². The average molecular weight is 269 g/mol. The fourth-order valence-electron chi connectivity index (χ4n) is 3.38. The zero-order valence-corrected chi connectivity index (χ0v) is 11.7. The van der Waals surface area contributed by atoms with Gasteiger partial charge in [0, 0.05) is 0 Å². The second-order valence-electron chi connectivity index (χ2n) is 5.27. The lowest BCUT2D eigenvalue weighted by molar-refractivity contribution is 0.831. The number of hydrogen-bond acceptors (Lipinski definition) is 0. The van der Waals surface area contributed by atoms with Crippen LogP contribution in [0.5, 0.6) is 0 Å². The number of rotatable bonds is 0. The molecule has 0 saturated heterocycles. The van der Waals surface area contributed by atoms with Gasteiger partial charge in [-0.05, 0) is 53.2 Å². The molecule has 0 nitrogen and oxygen atoms in total. The average Bonchev–Trinajstić information content (AvgIpc) is 2.46. The van der Waals surface area contributed by atoms with Gasteiger partial charge in [0.1, 0.15) is 0 Å². The summed E-state index contributed by atoms with van der Waals surface area (Å²) in [6, 6.07) is 13.4. The molecule has 0 spiro atoms. The van der Waals surface area contributed by atoms with Crippen LogP contribution in [0.25, 0.3) is 16.3 Å². The van der Waals surface area contributed by atoms with Crippen LogP contribution < -0.4 is 0 Å². The molecule has 2 aliphatic carbocycles. The maximum absolute atomic E-state index is 2.34. The molecule has 0 aliphatic heterocycles. The Balaban J connectivity index is 0.00000110. The number of benzene rings is 2. The summed E-state index contributed by atoms with van der Waals surface area (Å²) < 4.78 is 0. The Hall–Kier alpha value is -1.53. The third-order valence-corrected chi connectivity index (χ3v) is 4.29. The van der Waals surface area contributed by atoms with Gasteiger partial charge >= 0.3 is 0 Å². The lowest BCUT2D eigenvalue weighted by Gasteiger charge is -2.25. The molecule has 96 valence electrons. The molecule has 2 aliphatic rings. The second kappa shape index (κ2) is 4.86. The second-order valence-corrected chi connectivity index (χ2v) is 5.27. The summed E-state index contributed by atoms with van der Waals surface area (Å²) >= 11 is 0. The summed E-state index contributed by atoms with van der Waals surface area (Å²) in [5.41, 5.74) is 6.21. The molecule has 0 aromatic heterocycles. The summed E-state index contributed by atoms with van der Waals surface area (Å²) in [5.74, 6) is 0. The van der Waals surface area contributed by atoms with Crippen LogP contribution in [0.1, 0.15) is 30.4 Å². The minimum atomic E-state index is 0. The molecule has 0 amide bonds. The van der Waals surface area contributed by atoms with E-state index in [-0.39, 0.29) is 12.4 Å². The maximum Gasteiger partial charge on any atom is -0.0146 e. The Morgan fingerprint density at radius 1 is 0.842 bits per heavy atom.